The number of hydrogen-bond donors (Lipinski definition) is 0. The Morgan fingerprint density at radius 1 is 1.40 bits per heavy atom. The molecule has 0 fully saturated rings. The van der Waals surface area contributed by atoms with Crippen molar-refractivity contribution in [2.75, 3.05) is 32.1 Å². The van der Waals surface area contributed by atoms with Gasteiger partial charge in [-0.3, -0.25) is 4.31 Å². The third-order valence-corrected chi connectivity index (χ3v) is 5.63. The van der Waals surface area contributed by atoms with Crippen LogP contribution < -0.4 is 9.04 Å². The third kappa shape index (κ3) is 2.62. The summed E-state index contributed by atoms with van der Waals surface area (Å²) < 4.78 is 33.0. The summed E-state index contributed by atoms with van der Waals surface area (Å²) in [7, 11) is 1.30. The molecule has 6 heteroatoms. The van der Waals surface area contributed by atoms with E-state index in [-0.39, 0.29) is 0 Å². The van der Waals surface area contributed by atoms with Crippen molar-refractivity contribution in [3.05, 3.63) is 23.8 Å². The fraction of sp³-hybridized carbons (Fsp3) is 0.571. The van der Waals surface area contributed by atoms with Gasteiger partial charge in [0.15, 0.2) is 0 Å². The number of methoxy groups -OCH3 is 1. The van der Waals surface area contributed by atoms with Crippen LogP contribution in [0.4, 0.5) is 5.69 Å². The van der Waals surface area contributed by atoms with Gasteiger partial charge in [0.2, 0.25) is 0 Å². The topological polar surface area (TPSA) is 49.9 Å². The zero-order chi connectivity index (χ0) is 14.9. The monoisotopic (exact) mass is 298 g/mol. The van der Waals surface area contributed by atoms with Gasteiger partial charge in [0.05, 0.1) is 12.8 Å². The highest BCUT2D eigenvalue weighted by Crippen LogP contribution is 2.35. The van der Waals surface area contributed by atoms with Gasteiger partial charge in [-0.1, -0.05) is 13.3 Å². The van der Waals surface area contributed by atoms with Gasteiger partial charge in [-0.2, -0.15) is 12.7 Å². The average Bonchev–Trinajstić information content (AvgIpc) is 2.44. The molecule has 1 aliphatic rings. The molecule has 0 bridgehead atoms. The molecule has 0 spiro atoms. The Labute approximate surface area is 121 Å². The maximum atomic E-state index is 12.5. The number of ether oxygens (including phenoxy) is 1. The lowest BCUT2D eigenvalue weighted by molar-refractivity contribution is 0.412. The van der Waals surface area contributed by atoms with E-state index in [0.717, 1.165) is 29.8 Å². The Hall–Kier alpha value is -1.27. The zero-order valence-corrected chi connectivity index (χ0v) is 13.3. The summed E-state index contributed by atoms with van der Waals surface area (Å²) in [6, 6.07) is 5.58. The SMILES string of the molecule is CCC1Cc2cc(OC)ccc2N(S(=O)(=O)N(C)C)C1. The number of hydrogen-bond acceptors (Lipinski definition) is 3. The predicted molar refractivity (Wildman–Crippen MR) is 80.4 cm³/mol. The van der Waals surface area contributed by atoms with Gasteiger partial charge < -0.3 is 4.74 Å². The summed E-state index contributed by atoms with van der Waals surface area (Å²) in [6.07, 6.45) is 1.85. The maximum absolute atomic E-state index is 12.5. The van der Waals surface area contributed by atoms with Crippen molar-refractivity contribution >= 4 is 15.9 Å². The van der Waals surface area contributed by atoms with Crippen molar-refractivity contribution in [1.29, 1.82) is 0 Å². The van der Waals surface area contributed by atoms with Crippen LogP contribution in [0.2, 0.25) is 0 Å². The van der Waals surface area contributed by atoms with E-state index in [4.69, 9.17) is 4.74 Å². The minimum absolute atomic E-state index is 0.337. The molecule has 0 N–H and O–H groups in total. The molecule has 112 valence electrons. The van der Waals surface area contributed by atoms with Crippen molar-refractivity contribution in [1.82, 2.24) is 4.31 Å². The highest BCUT2D eigenvalue weighted by Gasteiger charge is 2.33. The van der Waals surface area contributed by atoms with E-state index >= 15 is 0 Å². The summed E-state index contributed by atoms with van der Waals surface area (Å²) in [5.41, 5.74) is 1.80. The van der Waals surface area contributed by atoms with Crippen molar-refractivity contribution in [2.24, 2.45) is 5.92 Å². The van der Waals surface area contributed by atoms with Gasteiger partial charge >= 0.3 is 10.2 Å². The molecule has 0 aliphatic carbocycles. The quantitative estimate of drug-likeness (QED) is 0.853. The molecule has 0 saturated heterocycles. The van der Waals surface area contributed by atoms with Gasteiger partial charge in [-0.05, 0) is 36.1 Å². The molecule has 5 nitrogen and oxygen atoms in total. The number of anilines is 1. The fourth-order valence-electron chi connectivity index (χ4n) is 2.49. The lowest BCUT2D eigenvalue weighted by Gasteiger charge is -2.36. The summed E-state index contributed by atoms with van der Waals surface area (Å²) in [6.45, 7) is 2.63. The van der Waals surface area contributed by atoms with Crippen LogP contribution in [-0.2, 0) is 16.6 Å². The third-order valence-electron chi connectivity index (χ3n) is 3.81. The summed E-state index contributed by atoms with van der Waals surface area (Å²) >= 11 is 0. The van der Waals surface area contributed by atoms with Gasteiger partial charge in [0, 0.05) is 20.6 Å². The molecule has 1 aromatic carbocycles. The normalized spacial score (nSPS) is 19.1. The molecule has 0 aromatic heterocycles. The first-order chi connectivity index (χ1) is 9.40. The number of fused-ring (bicyclic) bond motifs is 1. The molecule has 2 rings (SSSR count). The second-order valence-corrected chi connectivity index (χ2v) is 7.36. The van der Waals surface area contributed by atoms with Crippen LogP contribution in [0.25, 0.3) is 0 Å². The first kappa shape index (κ1) is 15.1. The van der Waals surface area contributed by atoms with Crippen molar-refractivity contribution in [3.63, 3.8) is 0 Å². The second-order valence-electron chi connectivity index (χ2n) is 5.29. The van der Waals surface area contributed by atoms with Crippen LogP contribution in [0.5, 0.6) is 5.75 Å². The van der Waals surface area contributed by atoms with Crippen LogP contribution in [0.3, 0.4) is 0 Å². The lowest BCUT2D eigenvalue weighted by Crippen LogP contribution is -2.45. The van der Waals surface area contributed by atoms with Crippen LogP contribution in [0.1, 0.15) is 18.9 Å². The maximum Gasteiger partial charge on any atom is 0.303 e. The molecule has 1 aliphatic heterocycles. The van der Waals surface area contributed by atoms with Crippen LogP contribution in [0.15, 0.2) is 18.2 Å². The molecule has 1 aromatic rings. The second kappa shape index (κ2) is 5.61. The summed E-state index contributed by atoms with van der Waals surface area (Å²) in [5.74, 6) is 1.10. The molecule has 1 atom stereocenters. The smallest absolute Gasteiger partial charge is 0.303 e. The van der Waals surface area contributed by atoms with E-state index in [1.807, 2.05) is 18.2 Å². The fourth-order valence-corrected chi connectivity index (χ4v) is 3.71. The van der Waals surface area contributed by atoms with E-state index in [1.165, 1.54) is 8.61 Å². The Kier molecular flexibility index (Phi) is 4.25. The van der Waals surface area contributed by atoms with Gasteiger partial charge in [-0.15, -0.1) is 0 Å². The Balaban J connectivity index is 2.50. The highest BCUT2D eigenvalue weighted by molar-refractivity contribution is 7.90. The first-order valence-electron chi connectivity index (χ1n) is 6.77. The molecule has 1 unspecified atom stereocenters. The average molecular weight is 298 g/mol. The molecule has 0 amide bonds. The van der Waals surface area contributed by atoms with Crippen molar-refractivity contribution in [3.8, 4) is 5.75 Å². The van der Waals surface area contributed by atoms with Gasteiger partial charge in [0.1, 0.15) is 5.75 Å². The molecule has 0 radical (unpaired) electrons. The van der Waals surface area contributed by atoms with E-state index in [2.05, 4.69) is 6.92 Å². The Morgan fingerprint density at radius 2 is 2.10 bits per heavy atom. The largest absolute Gasteiger partial charge is 0.497 e. The van der Waals surface area contributed by atoms with E-state index < -0.39 is 10.2 Å². The predicted octanol–water partition coefficient (Wildman–Crippen LogP) is 1.89. The van der Waals surface area contributed by atoms with Crippen LogP contribution in [0, 0.1) is 5.92 Å². The molecule has 20 heavy (non-hydrogen) atoms. The lowest BCUT2D eigenvalue weighted by atomic mass is 9.92. The van der Waals surface area contributed by atoms with Crippen molar-refractivity contribution < 1.29 is 13.2 Å². The minimum atomic E-state index is -3.45. The molecular formula is C14H22N2O3S. The molecule has 1 heterocycles. The Morgan fingerprint density at radius 3 is 2.65 bits per heavy atom. The zero-order valence-electron chi connectivity index (χ0n) is 12.5. The number of benzene rings is 1. The van der Waals surface area contributed by atoms with Crippen LogP contribution in [-0.4, -0.2) is 40.5 Å². The van der Waals surface area contributed by atoms with E-state index in [0.29, 0.717) is 12.5 Å². The molecule has 0 saturated carbocycles. The van der Waals surface area contributed by atoms with E-state index in [1.54, 1.807) is 21.2 Å². The summed E-state index contributed by atoms with van der Waals surface area (Å²) in [4.78, 5) is 0. The molecular weight excluding hydrogens is 276 g/mol. The van der Waals surface area contributed by atoms with Crippen molar-refractivity contribution in [2.45, 2.75) is 19.8 Å². The number of rotatable bonds is 4. The number of nitrogens with zero attached hydrogens (tertiary/aromatic N) is 2. The van der Waals surface area contributed by atoms with Crippen LogP contribution >= 0.6 is 0 Å². The van der Waals surface area contributed by atoms with Gasteiger partial charge in [0.25, 0.3) is 0 Å². The standard InChI is InChI=1S/C14H22N2O3S/c1-5-11-8-12-9-13(19-4)6-7-14(12)16(10-11)20(17,18)15(2)3/h6-7,9,11H,5,8,10H2,1-4H3. The van der Waals surface area contributed by atoms with E-state index in [9.17, 15) is 8.42 Å². The first-order valence-corrected chi connectivity index (χ1v) is 8.17. The summed E-state index contributed by atoms with van der Waals surface area (Å²) in [5, 5.41) is 0. The van der Waals surface area contributed by atoms with Gasteiger partial charge in [-0.25, -0.2) is 0 Å². The Bertz CT molecular complexity index is 584. The minimum Gasteiger partial charge on any atom is -0.497 e. The highest BCUT2D eigenvalue weighted by atomic mass is 32.2.